The Labute approximate surface area is 160 Å². The van der Waals surface area contributed by atoms with E-state index in [4.69, 9.17) is 14.5 Å². The quantitative estimate of drug-likeness (QED) is 0.810. The van der Waals surface area contributed by atoms with Crippen molar-refractivity contribution in [2.24, 2.45) is 0 Å². The van der Waals surface area contributed by atoms with Gasteiger partial charge in [0.15, 0.2) is 5.82 Å². The summed E-state index contributed by atoms with van der Waals surface area (Å²) in [5, 5.41) is 0. The lowest BCUT2D eigenvalue weighted by Gasteiger charge is -2.30. The molecule has 1 aromatic carbocycles. The molecular formula is C21H27N3O3. The Morgan fingerprint density at radius 1 is 1.19 bits per heavy atom. The maximum absolute atomic E-state index is 12.3. The van der Waals surface area contributed by atoms with Gasteiger partial charge in [-0.05, 0) is 58.9 Å². The van der Waals surface area contributed by atoms with Crippen molar-refractivity contribution in [3.63, 3.8) is 0 Å². The van der Waals surface area contributed by atoms with E-state index in [1.54, 1.807) is 4.90 Å². The predicted octanol–water partition coefficient (Wildman–Crippen LogP) is 4.22. The van der Waals surface area contributed by atoms with E-state index in [2.05, 4.69) is 4.98 Å². The van der Waals surface area contributed by atoms with Crippen molar-refractivity contribution >= 4 is 6.09 Å². The van der Waals surface area contributed by atoms with Crippen molar-refractivity contribution in [1.82, 2.24) is 14.9 Å². The number of benzene rings is 1. The monoisotopic (exact) mass is 369 g/mol. The molecule has 0 bridgehead atoms. The van der Waals surface area contributed by atoms with E-state index in [-0.39, 0.29) is 12.2 Å². The second-order valence-corrected chi connectivity index (χ2v) is 8.01. The minimum atomic E-state index is -0.497. The van der Waals surface area contributed by atoms with Gasteiger partial charge in [-0.1, -0.05) is 0 Å². The standard InChI is InChI=1S/C21H27N3O3/c1-14(2)26-17-8-6-15(7-9-17)19-22-12-16-13-24(11-10-18(16)23-19)20(25)27-21(3,4)5/h6-9,12,14H,10-11,13H2,1-5H3. The summed E-state index contributed by atoms with van der Waals surface area (Å²) in [4.78, 5) is 23.2. The first-order chi connectivity index (χ1) is 12.7. The van der Waals surface area contributed by atoms with E-state index in [0.29, 0.717) is 25.3 Å². The van der Waals surface area contributed by atoms with Crippen LogP contribution < -0.4 is 4.74 Å². The molecule has 1 aliphatic rings. The average Bonchev–Trinajstić information content (AvgIpc) is 2.59. The molecule has 144 valence electrons. The van der Waals surface area contributed by atoms with Crippen molar-refractivity contribution in [2.75, 3.05) is 6.54 Å². The molecule has 0 radical (unpaired) electrons. The molecule has 0 spiro atoms. The highest BCUT2D eigenvalue weighted by Gasteiger charge is 2.26. The van der Waals surface area contributed by atoms with Crippen LogP contribution in [-0.4, -0.2) is 39.2 Å². The van der Waals surface area contributed by atoms with Crippen LogP contribution >= 0.6 is 0 Å². The molecule has 1 aliphatic heterocycles. The molecule has 0 unspecified atom stereocenters. The lowest BCUT2D eigenvalue weighted by Crippen LogP contribution is -2.40. The molecule has 27 heavy (non-hydrogen) atoms. The first kappa shape index (κ1) is 19.1. The van der Waals surface area contributed by atoms with Gasteiger partial charge in [-0.15, -0.1) is 0 Å². The molecule has 2 aromatic rings. The van der Waals surface area contributed by atoms with Crippen LogP contribution in [0.4, 0.5) is 4.79 Å². The molecule has 2 heterocycles. The maximum Gasteiger partial charge on any atom is 0.410 e. The van der Waals surface area contributed by atoms with Gasteiger partial charge in [-0.25, -0.2) is 14.8 Å². The third-order valence-electron chi connectivity index (χ3n) is 4.07. The van der Waals surface area contributed by atoms with E-state index < -0.39 is 5.60 Å². The molecule has 3 rings (SSSR count). The summed E-state index contributed by atoms with van der Waals surface area (Å²) >= 11 is 0. The van der Waals surface area contributed by atoms with Crippen molar-refractivity contribution in [1.29, 1.82) is 0 Å². The highest BCUT2D eigenvalue weighted by molar-refractivity contribution is 5.68. The predicted molar refractivity (Wildman–Crippen MR) is 104 cm³/mol. The molecular weight excluding hydrogens is 342 g/mol. The van der Waals surface area contributed by atoms with Crippen LogP contribution in [0.2, 0.25) is 0 Å². The number of ether oxygens (including phenoxy) is 2. The van der Waals surface area contributed by atoms with Crippen molar-refractivity contribution in [3.8, 4) is 17.1 Å². The molecule has 0 aliphatic carbocycles. The van der Waals surface area contributed by atoms with E-state index in [1.807, 2.05) is 65.1 Å². The molecule has 0 saturated heterocycles. The Kier molecular flexibility index (Phi) is 5.35. The minimum absolute atomic E-state index is 0.142. The van der Waals surface area contributed by atoms with Crippen molar-refractivity contribution in [3.05, 3.63) is 41.7 Å². The van der Waals surface area contributed by atoms with Gasteiger partial charge >= 0.3 is 6.09 Å². The van der Waals surface area contributed by atoms with E-state index >= 15 is 0 Å². The van der Waals surface area contributed by atoms with Crippen LogP contribution in [0.15, 0.2) is 30.5 Å². The van der Waals surface area contributed by atoms with E-state index in [0.717, 1.165) is 22.6 Å². The number of nitrogens with zero attached hydrogens (tertiary/aromatic N) is 3. The van der Waals surface area contributed by atoms with Crippen LogP contribution in [0.3, 0.4) is 0 Å². The van der Waals surface area contributed by atoms with Crippen LogP contribution in [0.25, 0.3) is 11.4 Å². The fourth-order valence-corrected chi connectivity index (χ4v) is 2.89. The van der Waals surface area contributed by atoms with Crippen molar-refractivity contribution < 1.29 is 14.3 Å². The molecule has 0 fully saturated rings. The first-order valence-electron chi connectivity index (χ1n) is 9.31. The summed E-state index contributed by atoms with van der Waals surface area (Å²) in [5.41, 5.74) is 2.41. The van der Waals surface area contributed by atoms with Crippen LogP contribution in [0.5, 0.6) is 5.75 Å². The van der Waals surface area contributed by atoms with Gasteiger partial charge in [0.05, 0.1) is 18.3 Å². The molecule has 6 heteroatoms. The Hall–Kier alpha value is -2.63. The zero-order chi connectivity index (χ0) is 19.6. The smallest absolute Gasteiger partial charge is 0.410 e. The largest absolute Gasteiger partial charge is 0.491 e. The summed E-state index contributed by atoms with van der Waals surface area (Å²) in [6.45, 7) is 10.7. The van der Waals surface area contributed by atoms with Gasteiger partial charge in [-0.2, -0.15) is 0 Å². The number of carbonyl (C=O) groups excluding carboxylic acids is 1. The van der Waals surface area contributed by atoms with Crippen LogP contribution in [0.1, 0.15) is 45.9 Å². The second-order valence-electron chi connectivity index (χ2n) is 8.01. The normalized spacial score (nSPS) is 14.1. The fraction of sp³-hybridized carbons (Fsp3) is 0.476. The molecule has 0 N–H and O–H groups in total. The first-order valence-corrected chi connectivity index (χ1v) is 9.31. The number of carbonyl (C=O) groups is 1. The second kappa shape index (κ2) is 7.55. The number of fused-ring (bicyclic) bond motifs is 1. The summed E-state index contributed by atoms with van der Waals surface area (Å²) in [7, 11) is 0. The minimum Gasteiger partial charge on any atom is -0.491 e. The Morgan fingerprint density at radius 3 is 2.52 bits per heavy atom. The summed E-state index contributed by atoms with van der Waals surface area (Å²) < 4.78 is 11.1. The highest BCUT2D eigenvalue weighted by atomic mass is 16.6. The maximum atomic E-state index is 12.3. The SMILES string of the molecule is CC(C)Oc1ccc(-c2ncc3c(n2)CCN(C(=O)OC(C)(C)C)C3)cc1. The Bertz CT molecular complexity index is 810. The third kappa shape index (κ3) is 4.96. The lowest BCUT2D eigenvalue weighted by molar-refractivity contribution is 0.0222. The number of hydrogen-bond donors (Lipinski definition) is 0. The van der Waals surface area contributed by atoms with Gasteiger partial charge in [0, 0.05) is 30.3 Å². The Morgan fingerprint density at radius 2 is 1.89 bits per heavy atom. The average molecular weight is 369 g/mol. The van der Waals surface area contributed by atoms with Crippen LogP contribution in [0, 0.1) is 0 Å². The molecule has 6 nitrogen and oxygen atoms in total. The molecule has 0 saturated carbocycles. The summed E-state index contributed by atoms with van der Waals surface area (Å²) in [6, 6.07) is 7.80. The topological polar surface area (TPSA) is 64.6 Å². The van der Waals surface area contributed by atoms with E-state index in [9.17, 15) is 4.79 Å². The molecule has 0 atom stereocenters. The molecule has 1 aromatic heterocycles. The summed E-state index contributed by atoms with van der Waals surface area (Å²) in [5.74, 6) is 1.52. The zero-order valence-electron chi connectivity index (χ0n) is 16.7. The van der Waals surface area contributed by atoms with Gasteiger partial charge in [-0.3, -0.25) is 0 Å². The third-order valence-corrected chi connectivity index (χ3v) is 4.07. The lowest BCUT2D eigenvalue weighted by atomic mass is 10.1. The van der Waals surface area contributed by atoms with Gasteiger partial charge in [0.25, 0.3) is 0 Å². The van der Waals surface area contributed by atoms with Crippen LogP contribution in [-0.2, 0) is 17.7 Å². The number of amides is 1. The molecule has 1 amide bonds. The highest BCUT2D eigenvalue weighted by Crippen LogP contribution is 2.24. The number of rotatable bonds is 3. The Balaban J connectivity index is 1.72. The van der Waals surface area contributed by atoms with E-state index in [1.165, 1.54) is 0 Å². The number of hydrogen-bond acceptors (Lipinski definition) is 5. The van der Waals surface area contributed by atoms with Gasteiger partial charge in [0.2, 0.25) is 0 Å². The van der Waals surface area contributed by atoms with Gasteiger partial charge < -0.3 is 14.4 Å². The zero-order valence-corrected chi connectivity index (χ0v) is 16.7. The fourth-order valence-electron chi connectivity index (χ4n) is 2.89. The van der Waals surface area contributed by atoms with Crippen molar-refractivity contribution in [2.45, 2.75) is 59.3 Å². The summed E-state index contributed by atoms with van der Waals surface area (Å²) in [6.07, 6.45) is 2.35. The number of aromatic nitrogens is 2. The van der Waals surface area contributed by atoms with Gasteiger partial charge in [0.1, 0.15) is 11.4 Å².